The molecule has 0 bridgehead atoms. The van der Waals surface area contributed by atoms with Crippen molar-refractivity contribution in [2.24, 2.45) is 0 Å². The molecule has 0 amide bonds. The van der Waals surface area contributed by atoms with E-state index >= 15 is 0 Å². The summed E-state index contributed by atoms with van der Waals surface area (Å²) in [5, 5.41) is 18.2. The third kappa shape index (κ3) is 3.03. The van der Waals surface area contributed by atoms with Crippen molar-refractivity contribution in [2.75, 3.05) is 0 Å². The number of aromatic amines is 1. The van der Waals surface area contributed by atoms with Gasteiger partial charge in [0.2, 0.25) is 5.69 Å². The number of carboxylic acid groups (broad SMARTS) is 1. The number of aromatic nitrogens is 3. The molecule has 7 heteroatoms. The zero-order valence-corrected chi connectivity index (χ0v) is 12.1. The van der Waals surface area contributed by atoms with Gasteiger partial charge in [0.15, 0.2) is 0 Å². The molecule has 3 rings (SSSR count). The first-order valence-electron chi connectivity index (χ1n) is 6.73. The summed E-state index contributed by atoms with van der Waals surface area (Å²) in [5.74, 6) is -1.14. The fraction of sp³-hybridized carbons (Fsp3) is 0.0625. The molecule has 0 aliphatic rings. The lowest BCUT2D eigenvalue weighted by molar-refractivity contribution is 0.0687. The van der Waals surface area contributed by atoms with Crippen LogP contribution in [0.15, 0.2) is 42.5 Å². The minimum absolute atomic E-state index is 0.108. The monoisotopic (exact) mass is 313 g/mol. The van der Waals surface area contributed by atoms with Crippen molar-refractivity contribution in [1.82, 2.24) is 15.4 Å². The van der Waals surface area contributed by atoms with Crippen LogP contribution in [0.1, 0.15) is 16.1 Å². The second-order valence-electron chi connectivity index (χ2n) is 4.89. The van der Waals surface area contributed by atoms with Gasteiger partial charge in [-0.1, -0.05) is 28.5 Å². The number of benzene rings is 2. The molecule has 0 radical (unpaired) electrons. The van der Waals surface area contributed by atoms with Crippen LogP contribution >= 0.6 is 0 Å². The van der Waals surface area contributed by atoms with Crippen molar-refractivity contribution in [1.29, 1.82) is 0 Å². The molecule has 6 nitrogen and oxygen atoms in total. The Labute approximate surface area is 130 Å². The van der Waals surface area contributed by atoms with Crippen molar-refractivity contribution in [3.8, 4) is 22.8 Å². The number of carboxylic acids is 1. The Balaban J connectivity index is 1.83. The fourth-order valence-electron chi connectivity index (χ4n) is 2.08. The Kier molecular flexibility index (Phi) is 3.76. The summed E-state index contributed by atoms with van der Waals surface area (Å²) in [6.07, 6.45) is 0. The van der Waals surface area contributed by atoms with Gasteiger partial charge in [-0.2, -0.15) is 0 Å². The van der Waals surface area contributed by atoms with Crippen LogP contribution in [0, 0.1) is 12.7 Å². The Morgan fingerprint density at radius 2 is 1.87 bits per heavy atom. The first-order valence-corrected chi connectivity index (χ1v) is 6.73. The number of aromatic carboxylic acids is 1. The Morgan fingerprint density at radius 3 is 2.52 bits per heavy atom. The number of nitrogens with one attached hydrogen (secondary N) is 1. The molecule has 0 unspecified atom stereocenters. The first-order chi connectivity index (χ1) is 11.0. The van der Waals surface area contributed by atoms with Crippen molar-refractivity contribution in [2.45, 2.75) is 6.92 Å². The Bertz CT molecular complexity index is 859. The highest BCUT2D eigenvalue weighted by atomic mass is 19.1. The molecule has 0 fully saturated rings. The molecule has 1 aromatic heterocycles. The standard InChI is InChI=1S/C16H12FN3O3/c1-9-8-11(4-7-13(9)17)10-2-5-12(6-3-10)23-15-14(16(21)22)18-20-19-15/h2-8H,1H3,(H,21,22)(H,18,19,20). The molecule has 1 heterocycles. The van der Waals surface area contributed by atoms with Gasteiger partial charge in [0.05, 0.1) is 0 Å². The SMILES string of the molecule is Cc1cc(-c2ccc(Oc3nn[nH]c3C(=O)O)cc2)ccc1F. The van der Waals surface area contributed by atoms with Gasteiger partial charge in [0.25, 0.3) is 5.88 Å². The normalized spacial score (nSPS) is 10.5. The van der Waals surface area contributed by atoms with Crippen LogP contribution in [0.3, 0.4) is 0 Å². The van der Waals surface area contributed by atoms with Gasteiger partial charge >= 0.3 is 5.97 Å². The second-order valence-corrected chi connectivity index (χ2v) is 4.89. The van der Waals surface area contributed by atoms with Crippen LogP contribution in [0.5, 0.6) is 11.6 Å². The van der Waals surface area contributed by atoms with Crippen LogP contribution in [0.4, 0.5) is 4.39 Å². The van der Waals surface area contributed by atoms with Gasteiger partial charge in [0.1, 0.15) is 11.6 Å². The van der Waals surface area contributed by atoms with Gasteiger partial charge in [-0.25, -0.2) is 14.3 Å². The van der Waals surface area contributed by atoms with Gasteiger partial charge in [-0.3, -0.25) is 0 Å². The minimum Gasteiger partial charge on any atom is -0.476 e. The third-order valence-corrected chi connectivity index (χ3v) is 3.29. The minimum atomic E-state index is -1.21. The van der Waals surface area contributed by atoms with Gasteiger partial charge in [0, 0.05) is 0 Å². The third-order valence-electron chi connectivity index (χ3n) is 3.29. The Hall–Kier alpha value is -3.22. The summed E-state index contributed by atoms with van der Waals surface area (Å²) in [5.41, 5.74) is 2.11. The van der Waals surface area contributed by atoms with Crippen molar-refractivity contribution in [3.05, 3.63) is 59.5 Å². The molecule has 0 saturated carbocycles. The molecule has 2 N–H and O–H groups in total. The highest BCUT2D eigenvalue weighted by Gasteiger charge is 2.16. The number of hydrogen-bond acceptors (Lipinski definition) is 4. The number of aryl methyl sites for hydroxylation is 1. The number of halogens is 1. The van der Waals surface area contributed by atoms with E-state index in [0.29, 0.717) is 11.3 Å². The predicted octanol–water partition coefficient (Wildman–Crippen LogP) is 3.41. The molecule has 0 aliphatic carbocycles. The smallest absolute Gasteiger partial charge is 0.359 e. The quantitative estimate of drug-likeness (QED) is 0.770. The van der Waals surface area contributed by atoms with E-state index in [-0.39, 0.29) is 17.4 Å². The topological polar surface area (TPSA) is 88.1 Å². The molecule has 0 aliphatic heterocycles. The first kappa shape index (κ1) is 14.7. The van der Waals surface area contributed by atoms with Crippen LogP contribution in [-0.4, -0.2) is 26.5 Å². The maximum Gasteiger partial charge on any atom is 0.359 e. The molecule has 0 spiro atoms. The fourth-order valence-corrected chi connectivity index (χ4v) is 2.08. The maximum absolute atomic E-state index is 13.3. The number of ether oxygens (including phenoxy) is 1. The molecule has 23 heavy (non-hydrogen) atoms. The van der Waals surface area contributed by atoms with Crippen molar-refractivity contribution in [3.63, 3.8) is 0 Å². The highest BCUT2D eigenvalue weighted by molar-refractivity contribution is 5.87. The van der Waals surface area contributed by atoms with Crippen LogP contribution < -0.4 is 4.74 Å². The van der Waals surface area contributed by atoms with E-state index in [4.69, 9.17) is 9.84 Å². The molecule has 2 aromatic carbocycles. The molecule has 0 saturated heterocycles. The molecule has 116 valence electrons. The van der Waals surface area contributed by atoms with E-state index in [1.807, 2.05) is 0 Å². The summed E-state index contributed by atoms with van der Waals surface area (Å²) in [6, 6.07) is 11.8. The summed E-state index contributed by atoms with van der Waals surface area (Å²) in [7, 11) is 0. The summed E-state index contributed by atoms with van der Waals surface area (Å²) < 4.78 is 18.7. The van der Waals surface area contributed by atoms with E-state index in [0.717, 1.165) is 11.1 Å². The summed E-state index contributed by atoms with van der Waals surface area (Å²) >= 11 is 0. The number of rotatable bonds is 4. The molecular weight excluding hydrogens is 301 g/mol. The van der Waals surface area contributed by atoms with E-state index in [9.17, 15) is 9.18 Å². The van der Waals surface area contributed by atoms with Crippen LogP contribution in [0.25, 0.3) is 11.1 Å². The second kappa shape index (κ2) is 5.88. The van der Waals surface area contributed by atoms with E-state index in [1.165, 1.54) is 6.07 Å². The van der Waals surface area contributed by atoms with E-state index in [1.54, 1.807) is 43.3 Å². The summed E-state index contributed by atoms with van der Waals surface area (Å²) in [4.78, 5) is 10.9. The lowest BCUT2D eigenvalue weighted by atomic mass is 10.0. The average molecular weight is 313 g/mol. The van der Waals surface area contributed by atoms with Gasteiger partial charge in [-0.05, 0) is 47.9 Å². The lowest BCUT2D eigenvalue weighted by Gasteiger charge is -2.06. The van der Waals surface area contributed by atoms with Crippen LogP contribution in [-0.2, 0) is 0 Å². The van der Waals surface area contributed by atoms with E-state index in [2.05, 4.69) is 15.4 Å². The zero-order chi connectivity index (χ0) is 16.4. The lowest BCUT2D eigenvalue weighted by Crippen LogP contribution is -1.99. The van der Waals surface area contributed by atoms with Crippen LogP contribution in [0.2, 0.25) is 0 Å². The Morgan fingerprint density at radius 1 is 1.17 bits per heavy atom. The average Bonchev–Trinajstić information content (AvgIpc) is 2.99. The highest BCUT2D eigenvalue weighted by Crippen LogP contribution is 2.27. The van der Waals surface area contributed by atoms with Crippen molar-refractivity contribution < 1.29 is 19.0 Å². The van der Waals surface area contributed by atoms with Gasteiger partial charge in [-0.15, -0.1) is 0 Å². The molecule has 3 aromatic rings. The maximum atomic E-state index is 13.3. The summed E-state index contributed by atoms with van der Waals surface area (Å²) in [6.45, 7) is 1.70. The van der Waals surface area contributed by atoms with E-state index < -0.39 is 5.97 Å². The van der Waals surface area contributed by atoms with Crippen molar-refractivity contribution >= 4 is 5.97 Å². The number of H-pyrrole nitrogens is 1. The van der Waals surface area contributed by atoms with Gasteiger partial charge < -0.3 is 9.84 Å². The largest absolute Gasteiger partial charge is 0.476 e. The zero-order valence-electron chi connectivity index (χ0n) is 12.1. The molecular formula is C16H12FN3O3. The number of nitrogens with zero attached hydrogens (tertiary/aromatic N) is 2. The predicted molar refractivity (Wildman–Crippen MR) is 80.0 cm³/mol. The molecule has 0 atom stereocenters. The number of hydrogen-bond donors (Lipinski definition) is 2. The number of carbonyl (C=O) groups is 1.